The zero-order chi connectivity index (χ0) is 16.0. The molecule has 3 aromatic heterocycles. The Morgan fingerprint density at radius 3 is 2.78 bits per heavy atom. The topological polar surface area (TPSA) is 60.7 Å². The molecule has 0 amide bonds. The molecule has 5 heteroatoms. The minimum atomic E-state index is 0.399. The van der Waals surface area contributed by atoms with Gasteiger partial charge in [0.1, 0.15) is 0 Å². The maximum absolute atomic E-state index is 11.9. The molecule has 3 heterocycles. The van der Waals surface area contributed by atoms with Crippen molar-refractivity contribution in [1.82, 2.24) is 19.7 Å². The van der Waals surface area contributed by atoms with E-state index in [4.69, 9.17) is 4.98 Å². The van der Waals surface area contributed by atoms with Gasteiger partial charge in [0.05, 0.1) is 11.9 Å². The van der Waals surface area contributed by atoms with Crippen molar-refractivity contribution in [2.75, 3.05) is 0 Å². The Morgan fingerprint density at radius 1 is 1.30 bits per heavy atom. The molecule has 0 unspecified atom stereocenters. The second-order valence-electron chi connectivity index (χ2n) is 6.13. The van der Waals surface area contributed by atoms with E-state index in [1.165, 1.54) is 0 Å². The van der Waals surface area contributed by atoms with Crippen molar-refractivity contribution in [3.8, 4) is 11.1 Å². The van der Waals surface area contributed by atoms with E-state index in [9.17, 15) is 4.79 Å². The smallest absolute Gasteiger partial charge is 0.158 e. The number of aromatic nitrogens is 4. The van der Waals surface area contributed by atoms with Gasteiger partial charge in [-0.15, -0.1) is 0 Å². The van der Waals surface area contributed by atoms with Crippen molar-refractivity contribution < 1.29 is 4.79 Å². The maximum atomic E-state index is 11.9. The van der Waals surface area contributed by atoms with Gasteiger partial charge in [0.15, 0.2) is 11.9 Å². The van der Waals surface area contributed by atoms with Crippen molar-refractivity contribution in [2.24, 2.45) is 0 Å². The summed E-state index contributed by atoms with van der Waals surface area (Å²) >= 11 is 0. The molecule has 0 saturated heterocycles. The van der Waals surface area contributed by atoms with Crippen molar-refractivity contribution in [3.05, 3.63) is 41.5 Å². The zero-order valence-electron chi connectivity index (χ0n) is 13.3. The van der Waals surface area contributed by atoms with Gasteiger partial charge in [-0.25, -0.2) is 9.67 Å². The van der Waals surface area contributed by atoms with Crippen molar-refractivity contribution in [3.63, 3.8) is 0 Å². The normalized spacial score (nSPS) is 14.3. The van der Waals surface area contributed by atoms with Crippen LogP contribution < -0.4 is 0 Å². The van der Waals surface area contributed by atoms with Gasteiger partial charge in [-0.05, 0) is 38.3 Å². The van der Waals surface area contributed by atoms with Gasteiger partial charge in [-0.2, -0.15) is 5.10 Å². The number of hydrogen-bond donors (Lipinski definition) is 0. The van der Waals surface area contributed by atoms with Gasteiger partial charge in [0.2, 0.25) is 0 Å². The summed E-state index contributed by atoms with van der Waals surface area (Å²) in [6.45, 7) is 4.81. The average Bonchev–Trinajstić information content (AvgIpc) is 3.33. The van der Waals surface area contributed by atoms with E-state index >= 15 is 0 Å². The number of fused-ring (bicyclic) bond motifs is 1. The van der Waals surface area contributed by atoms with Crippen LogP contribution in [0.5, 0.6) is 0 Å². The zero-order valence-corrected chi connectivity index (χ0v) is 13.3. The SMILES string of the molecule is CCn1ncc2c(-c3cncc(C)c3)c(C=O)c(C3CC3)nc21. The molecule has 1 aliphatic carbocycles. The van der Waals surface area contributed by atoms with Crippen LogP contribution in [0, 0.1) is 6.92 Å². The summed E-state index contributed by atoms with van der Waals surface area (Å²) in [5.41, 5.74) is 5.42. The van der Waals surface area contributed by atoms with E-state index in [1.807, 2.05) is 37.1 Å². The van der Waals surface area contributed by atoms with E-state index in [0.29, 0.717) is 11.5 Å². The first-order chi connectivity index (χ1) is 11.2. The molecular formula is C18H18N4O. The number of carbonyl (C=O) groups excluding carboxylic acids is 1. The Labute approximate surface area is 134 Å². The molecule has 0 aromatic carbocycles. The molecule has 23 heavy (non-hydrogen) atoms. The lowest BCUT2D eigenvalue weighted by Crippen LogP contribution is -2.04. The lowest BCUT2D eigenvalue weighted by atomic mass is 9.96. The highest BCUT2D eigenvalue weighted by atomic mass is 16.1. The number of pyridine rings is 2. The predicted octanol–water partition coefficient (Wildman–Crippen LogP) is 3.51. The average molecular weight is 306 g/mol. The molecule has 4 rings (SSSR count). The van der Waals surface area contributed by atoms with Crippen LogP contribution in [0.15, 0.2) is 24.7 Å². The van der Waals surface area contributed by atoms with Crippen LogP contribution >= 0.6 is 0 Å². The number of rotatable bonds is 4. The molecule has 0 N–H and O–H groups in total. The van der Waals surface area contributed by atoms with Crippen molar-refractivity contribution >= 4 is 17.3 Å². The summed E-state index contributed by atoms with van der Waals surface area (Å²) in [5.74, 6) is 0.399. The molecule has 1 saturated carbocycles. The van der Waals surface area contributed by atoms with Crippen LogP contribution in [-0.2, 0) is 6.54 Å². The summed E-state index contributed by atoms with van der Waals surface area (Å²) in [5, 5.41) is 5.36. The molecule has 116 valence electrons. The molecule has 1 aliphatic rings. The number of carbonyl (C=O) groups is 1. The third-order valence-corrected chi connectivity index (χ3v) is 4.40. The number of aldehydes is 1. The first-order valence-electron chi connectivity index (χ1n) is 7.99. The fourth-order valence-corrected chi connectivity index (χ4v) is 3.14. The molecule has 5 nitrogen and oxygen atoms in total. The van der Waals surface area contributed by atoms with Crippen LogP contribution in [0.4, 0.5) is 0 Å². The van der Waals surface area contributed by atoms with Gasteiger partial charge in [0.25, 0.3) is 0 Å². The predicted molar refractivity (Wildman–Crippen MR) is 88.5 cm³/mol. The Morgan fingerprint density at radius 2 is 2.13 bits per heavy atom. The molecule has 0 atom stereocenters. The van der Waals surface area contributed by atoms with Crippen molar-refractivity contribution in [1.29, 1.82) is 0 Å². The van der Waals surface area contributed by atoms with E-state index in [-0.39, 0.29) is 0 Å². The molecular weight excluding hydrogens is 288 g/mol. The monoisotopic (exact) mass is 306 g/mol. The van der Waals surface area contributed by atoms with Gasteiger partial charge in [-0.1, -0.05) is 0 Å². The first-order valence-corrected chi connectivity index (χ1v) is 7.99. The highest BCUT2D eigenvalue weighted by Gasteiger charge is 2.31. The molecule has 1 fully saturated rings. The first kappa shape index (κ1) is 14.1. The highest BCUT2D eigenvalue weighted by Crippen LogP contribution is 2.44. The lowest BCUT2D eigenvalue weighted by molar-refractivity contribution is 0.112. The minimum Gasteiger partial charge on any atom is -0.298 e. The third kappa shape index (κ3) is 2.23. The maximum Gasteiger partial charge on any atom is 0.158 e. The molecule has 0 radical (unpaired) electrons. The van der Waals surface area contributed by atoms with Crippen LogP contribution in [0.3, 0.4) is 0 Å². The van der Waals surface area contributed by atoms with Gasteiger partial charge in [-0.3, -0.25) is 9.78 Å². The molecule has 0 bridgehead atoms. The lowest BCUT2D eigenvalue weighted by Gasteiger charge is -2.12. The largest absolute Gasteiger partial charge is 0.298 e. The summed E-state index contributed by atoms with van der Waals surface area (Å²) in [7, 11) is 0. The van der Waals surface area contributed by atoms with Crippen LogP contribution in [0.1, 0.15) is 47.3 Å². The van der Waals surface area contributed by atoms with E-state index in [0.717, 1.165) is 59.1 Å². The number of aryl methyl sites for hydroxylation is 2. The summed E-state index contributed by atoms with van der Waals surface area (Å²) in [6.07, 6.45) is 8.60. The Kier molecular flexibility index (Phi) is 3.22. The number of hydrogen-bond acceptors (Lipinski definition) is 4. The number of nitrogens with zero attached hydrogens (tertiary/aromatic N) is 4. The summed E-state index contributed by atoms with van der Waals surface area (Å²) < 4.78 is 1.89. The van der Waals surface area contributed by atoms with E-state index < -0.39 is 0 Å². The second kappa shape index (κ2) is 5.26. The minimum absolute atomic E-state index is 0.399. The Hall–Kier alpha value is -2.56. The fraction of sp³-hybridized carbons (Fsp3) is 0.333. The van der Waals surface area contributed by atoms with Gasteiger partial charge in [0, 0.05) is 46.9 Å². The highest BCUT2D eigenvalue weighted by molar-refractivity contribution is 6.02. The van der Waals surface area contributed by atoms with E-state index in [1.54, 1.807) is 0 Å². The Balaban J connectivity index is 2.10. The summed E-state index contributed by atoms with van der Waals surface area (Å²) in [6, 6.07) is 2.06. The van der Waals surface area contributed by atoms with E-state index in [2.05, 4.69) is 16.1 Å². The van der Waals surface area contributed by atoms with Crippen LogP contribution in [0.2, 0.25) is 0 Å². The van der Waals surface area contributed by atoms with Crippen molar-refractivity contribution in [2.45, 2.75) is 39.2 Å². The van der Waals surface area contributed by atoms with Crippen LogP contribution in [0.25, 0.3) is 22.2 Å². The second-order valence-corrected chi connectivity index (χ2v) is 6.13. The fourth-order valence-electron chi connectivity index (χ4n) is 3.14. The Bertz CT molecular complexity index is 909. The molecule has 3 aromatic rings. The van der Waals surface area contributed by atoms with Crippen LogP contribution in [-0.4, -0.2) is 26.0 Å². The van der Waals surface area contributed by atoms with Gasteiger partial charge >= 0.3 is 0 Å². The molecule has 0 aliphatic heterocycles. The summed E-state index contributed by atoms with van der Waals surface area (Å²) in [4.78, 5) is 21.0. The van der Waals surface area contributed by atoms with Gasteiger partial charge < -0.3 is 0 Å². The third-order valence-electron chi connectivity index (χ3n) is 4.40. The standard InChI is InChI=1S/C18H18N4O/c1-3-22-18-14(9-20-22)16(13-6-11(2)7-19-8-13)15(10-23)17(21-18)12-4-5-12/h6-10,12H,3-5H2,1-2H3. The molecule has 0 spiro atoms. The quantitative estimate of drug-likeness (QED) is 0.692.